The first-order valence-corrected chi connectivity index (χ1v) is 11.0. The number of benzene rings is 1. The fourth-order valence-electron chi connectivity index (χ4n) is 3.16. The minimum atomic E-state index is 0.0624. The average Bonchev–Trinajstić information content (AvgIpc) is 3.37. The maximum absolute atomic E-state index is 4.80. The van der Waals surface area contributed by atoms with E-state index in [0.29, 0.717) is 6.54 Å². The molecule has 0 saturated heterocycles. The molecule has 5 nitrogen and oxygen atoms in total. The zero-order chi connectivity index (χ0) is 20.7. The SMILES string of the molecule is CCNC(=NCc1cccc(Cn2ccnc2C)c1)NCC(C)(C)c1cccs1. The minimum Gasteiger partial charge on any atom is -0.357 e. The molecule has 0 aliphatic heterocycles. The van der Waals surface area contributed by atoms with Gasteiger partial charge >= 0.3 is 0 Å². The molecule has 0 unspecified atom stereocenters. The van der Waals surface area contributed by atoms with Crippen LogP contribution in [0.25, 0.3) is 0 Å². The first-order chi connectivity index (χ1) is 14.0. The van der Waals surface area contributed by atoms with Crippen LogP contribution in [-0.2, 0) is 18.5 Å². The van der Waals surface area contributed by atoms with Gasteiger partial charge in [0, 0.05) is 42.3 Å². The van der Waals surface area contributed by atoms with Crippen LogP contribution in [0.2, 0.25) is 0 Å². The lowest BCUT2D eigenvalue weighted by Gasteiger charge is -2.25. The second kappa shape index (κ2) is 9.74. The van der Waals surface area contributed by atoms with Gasteiger partial charge in [-0.15, -0.1) is 11.3 Å². The molecular weight excluding hydrogens is 378 g/mol. The van der Waals surface area contributed by atoms with E-state index in [4.69, 9.17) is 4.99 Å². The molecule has 0 fully saturated rings. The van der Waals surface area contributed by atoms with Crippen molar-refractivity contribution in [2.75, 3.05) is 13.1 Å². The van der Waals surface area contributed by atoms with Crippen molar-refractivity contribution in [3.63, 3.8) is 0 Å². The minimum absolute atomic E-state index is 0.0624. The van der Waals surface area contributed by atoms with E-state index in [1.165, 1.54) is 16.0 Å². The van der Waals surface area contributed by atoms with Gasteiger partial charge in [-0.25, -0.2) is 9.98 Å². The van der Waals surface area contributed by atoms with Crippen molar-refractivity contribution < 1.29 is 0 Å². The second-order valence-electron chi connectivity index (χ2n) is 7.83. The molecule has 29 heavy (non-hydrogen) atoms. The summed E-state index contributed by atoms with van der Waals surface area (Å²) in [6.45, 7) is 11.8. The molecule has 3 rings (SSSR count). The fourth-order valence-corrected chi connectivity index (χ4v) is 4.01. The summed E-state index contributed by atoms with van der Waals surface area (Å²) in [5.74, 6) is 1.88. The van der Waals surface area contributed by atoms with Crippen LogP contribution in [0.3, 0.4) is 0 Å². The monoisotopic (exact) mass is 409 g/mol. The van der Waals surface area contributed by atoms with E-state index in [9.17, 15) is 0 Å². The Balaban J connectivity index is 1.64. The first-order valence-electron chi connectivity index (χ1n) is 10.1. The Hall–Kier alpha value is -2.60. The van der Waals surface area contributed by atoms with E-state index in [0.717, 1.165) is 31.4 Å². The van der Waals surface area contributed by atoms with Gasteiger partial charge in [0.1, 0.15) is 5.82 Å². The van der Waals surface area contributed by atoms with Gasteiger partial charge in [-0.3, -0.25) is 0 Å². The van der Waals surface area contributed by atoms with Gasteiger partial charge in [-0.05, 0) is 36.4 Å². The maximum atomic E-state index is 4.80. The summed E-state index contributed by atoms with van der Waals surface area (Å²) in [6.07, 6.45) is 3.86. The Labute approximate surface area is 177 Å². The molecule has 0 bridgehead atoms. The molecule has 0 saturated carbocycles. The van der Waals surface area contributed by atoms with Crippen molar-refractivity contribution in [3.05, 3.63) is 76.0 Å². The lowest BCUT2D eigenvalue weighted by Crippen LogP contribution is -2.43. The summed E-state index contributed by atoms with van der Waals surface area (Å²) in [5, 5.41) is 9.00. The third-order valence-electron chi connectivity index (χ3n) is 4.92. The summed E-state index contributed by atoms with van der Waals surface area (Å²) < 4.78 is 2.15. The van der Waals surface area contributed by atoms with Crippen LogP contribution in [-0.4, -0.2) is 28.6 Å². The van der Waals surface area contributed by atoms with E-state index < -0.39 is 0 Å². The first kappa shape index (κ1) is 21.1. The molecule has 2 aromatic heterocycles. The van der Waals surface area contributed by atoms with Crippen molar-refractivity contribution in [2.45, 2.75) is 46.2 Å². The van der Waals surface area contributed by atoms with Gasteiger partial charge in [0.25, 0.3) is 0 Å². The smallest absolute Gasteiger partial charge is 0.191 e. The van der Waals surface area contributed by atoms with Crippen LogP contribution >= 0.6 is 11.3 Å². The summed E-state index contributed by atoms with van der Waals surface area (Å²) >= 11 is 1.80. The number of guanidine groups is 1. The zero-order valence-electron chi connectivity index (χ0n) is 17.8. The Morgan fingerprint density at radius 3 is 2.69 bits per heavy atom. The van der Waals surface area contributed by atoms with Gasteiger partial charge in [0.05, 0.1) is 6.54 Å². The normalized spacial score (nSPS) is 12.2. The molecule has 154 valence electrons. The van der Waals surface area contributed by atoms with Crippen LogP contribution in [0.5, 0.6) is 0 Å². The topological polar surface area (TPSA) is 54.2 Å². The van der Waals surface area contributed by atoms with E-state index >= 15 is 0 Å². The van der Waals surface area contributed by atoms with Crippen molar-refractivity contribution >= 4 is 17.3 Å². The Morgan fingerprint density at radius 1 is 1.17 bits per heavy atom. The Morgan fingerprint density at radius 2 is 2.00 bits per heavy atom. The van der Waals surface area contributed by atoms with Gasteiger partial charge in [0.2, 0.25) is 0 Å². The summed E-state index contributed by atoms with van der Waals surface area (Å²) in [6, 6.07) is 12.9. The van der Waals surface area contributed by atoms with Crippen molar-refractivity contribution in [1.29, 1.82) is 0 Å². The van der Waals surface area contributed by atoms with E-state index in [-0.39, 0.29) is 5.41 Å². The summed E-state index contributed by atoms with van der Waals surface area (Å²) in [7, 11) is 0. The number of rotatable bonds is 8. The van der Waals surface area contributed by atoms with Gasteiger partial charge in [-0.1, -0.05) is 44.2 Å². The highest BCUT2D eigenvalue weighted by molar-refractivity contribution is 7.10. The van der Waals surface area contributed by atoms with Crippen molar-refractivity contribution in [2.24, 2.45) is 4.99 Å². The average molecular weight is 410 g/mol. The van der Waals surface area contributed by atoms with Crippen molar-refractivity contribution in [3.8, 4) is 0 Å². The van der Waals surface area contributed by atoms with Gasteiger partial charge < -0.3 is 15.2 Å². The van der Waals surface area contributed by atoms with Crippen LogP contribution in [0.15, 0.2) is 59.2 Å². The third kappa shape index (κ3) is 5.94. The standard InChI is InChI=1S/C23H31N5S/c1-5-24-22(27-17-23(3,4)21-10-7-13-29-21)26-15-19-8-6-9-20(14-19)16-28-12-11-25-18(28)2/h6-14H,5,15-17H2,1-4H3,(H2,24,26,27). The molecule has 0 radical (unpaired) electrons. The molecule has 0 amide bonds. The summed E-state index contributed by atoms with van der Waals surface area (Å²) in [4.78, 5) is 10.5. The van der Waals surface area contributed by atoms with Crippen LogP contribution in [0.1, 0.15) is 42.6 Å². The second-order valence-corrected chi connectivity index (χ2v) is 8.78. The van der Waals surface area contributed by atoms with Crippen LogP contribution in [0, 0.1) is 6.92 Å². The largest absolute Gasteiger partial charge is 0.357 e. The third-order valence-corrected chi connectivity index (χ3v) is 6.15. The number of aliphatic imine (C=N–C) groups is 1. The van der Waals surface area contributed by atoms with E-state index in [1.807, 2.05) is 19.3 Å². The van der Waals surface area contributed by atoms with Crippen LogP contribution < -0.4 is 10.6 Å². The number of hydrogen-bond acceptors (Lipinski definition) is 3. The maximum Gasteiger partial charge on any atom is 0.191 e. The molecular formula is C23H31N5S. The van der Waals surface area contributed by atoms with E-state index in [1.54, 1.807) is 11.3 Å². The molecule has 3 aromatic rings. The number of imidazole rings is 1. The zero-order valence-corrected chi connectivity index (χ0v) is 18.6. The van der Waals surface area contributed by atoms with E-state index in [2.05, 4.69) is 82.7 Å². The van der Waals surface area contributed by atoms with Gasteiger partial charge in [0.15, 0.2) is 5.96 Å². The lowest BCUT2D eigenvalue weighted by atomic mass is 9.91. The quantitative estimate of drug-likeness (QED) is 0.430. The molecule has 0 atom stereocenters. The summed E-state index contributed by atoms with van der Waals surface area (Å²) in [5.41, 5.74) is 2.53. The van der Waals surface area contributed by atoms with Gasteiger partial charge in [-0.2, -0.15) is 0 Å². The predicted octanol–water partition coefficient (Wildman–Crippen LogP) is 4.33. The molecule has 2 heterocycles. The fraction of sp³-hybridized carbons (Fsp3) is 0.391. The number of thiophene rings is 1. The highest BCUT2D eigenvalue weighted by atomic mass is 32.1. The Bertz CT molecular complexity index is 924. The lowest BCUT2D eigenvalue weighted by molar-refractivity contribution is 0.518. The predicted molar refractivity (Wildman–Crippen MR) is 123 cm³/mol. The highest BCUT2D eigenvalue weighted by Crippen LogP contribution is 2.26. The molecule has 6 heteroatoms. The van der Waals surface area contributed by atoms with Crippen molar-refractivity contribution in [1.82, 2.24) is 20.2 Å². The molecule has 0 spiro atoms. The van der Waals surface area contributed by atoms with Crippen LogP contribution in [0.4, 0.5) is 0 Å². The highest BCUT2D eigenvalue weighted by Gasteiger charge is 2.21. The molecule has 2 N–H and O–H groups in total. The molecule has 0 aliphatic carbocycles. The number of hydrogen-bond donors (Lipinski definition) is 2. The number of nitrogens with one attached hydrogen (secondary N) is 2. The number of nitrogens with zero attached hydrogens (tertiary/aromatic N) is 3. The Kier molecular flexibility index (Phi) is 7.09. The molecule has 0 aliphatic rings. The molecule has 1 aromatic carbocycles. The number of aryl methyl sites for hydroxylation is 1. The number of aromatic nitrogens is 2.